The van der Waals surface area contributed by atoms with Crippen molar-refractivity contribution in [2.24, 2.45) is 14.1 Å². The van der Waals surface area contributed by atoms with Crippen LogP contribution in [0.3, 0.4) is 0 Å². The third-order valence-corrected chi connectivity index (χ3v) is 4.60. The molecule has 1 aromatic carbocycles. The minimum absolute atomic E-state index is 0.0606. The number of H-pyrrole nitrogens is 1. The maximum Gasteiger partial charge on any atom is 0.274 e. The number of pyridine rings is 2. The Balaban J connectivity index is 2.03. The molecular weight excluding hydrogens is 354 g/mol. The molecule has 6 nitrogen and oxygen atoms in total. The average molecular weight is 381 g/mol. The van der Waals surface area contributed by atoms with E-state index in [2.05, 4.69) is 4.98 Å². The smallest absolute Gasteiger partial charge is 0.274 e. The van der Waals surface area contributed by atoms with E-state index in [-0.39, 0.29) is 39.3 Å². The predicted octanol–water partition coefficient (Wildman–Crippen LogP) is 3.64. The molecule has 142 valence electrons. The summed E-state index contributed by atoms with van der Waals surface area (Å²) >= 11 is 0. The third-order valence-electron chi connectivity index (χ3n) is 4.60. The summed E-state index contributed by atoms with van der Waals surface area (Å²) in [6.07, 6.45) is 4.50. The van der Waals surface area contributed by atoms with Crippen LogP contribution in [-0.4, -0.2) is 14.1 Å². The highest BCUT2D eigenvalue weighted by Gasteiger charge is 2.17. The predicted molar refractivity (Wildman–Crippen MR) is 110 cm³/mol. The molecule has 0 unspecified atom stereocenters. The summed E-state index contributed by atoms with van der Waals surface area (Å²) in [4.78, 5) is 27.9. The number of hydrogen-bond donors (Lipinski definition) is 1. The molecule has 4 rings (SSSR count). The summed E-state index contributed by atoms with van der Waals surface area (Å²) in [5.74, 6) is -0.261. The SMILES string of the molecule is [2H]C([2H])([2H])c1cccc(C([2H])([2H])[2H])c1Oc1cn(C)c(=O)cc1-c1cn(C)c(=O)c2[nH]ccc12. The summed E-state index contributed by atoms with van der Waals surface area (Å²) in [5.41, 5.74) is -0.112. The van der Waals surface area contributed by atoms with E-state index in [1.807, 2.05) is 0 Å². The summed E-state index contributed by atoms with van der Waals surface area (Å²) in [6, 6.07) is 6.91. The van der Waals surface area contributed by atoms with Crippen molar-refractivity contribution in [3.05, 3.63) is 80.8 Å². The summed E-state index contributed by atoms with van der Waals surface area (Å²) < 4.78 is 55.9. The quantitative estimate of drug-likeness (QED) is 0.589. The van der Waals surface area contributed by atoms with E-state index in [0.29, 0.717) is 16.5 Å². The maximum absolute atomic E-state index is 12.5. The molecule has 0 saturated carbocycles. The number of fused-ring (bicyclic) bond motifs is 1. The molecular formula is C22H21N3O3. The van der Waals surface area contributed by atoms with Gasteiger partial charge in [-0.15, -0.1) is 0 Å². The molecule has 0 fully saturated rings. The number of ether oxygens (including phenoxy) is 1. The second-order valence-electron chi connectivity index (χ2n) is 6.51. The van der Waals surface area contributed by atoms with Crippen LogP contribution >= 0.6 is 0 Å². The molecule has 0 aliphatic rings. The topological polar surface area (TPSA) is 69.0 Å². The van der Waals surface area contributed by atoms with Crippen LogP contribution in [0.5, 0.6) is 11.5 Å². The molecule has 0 amide bonds. The van der Waals surface area contributed by atoms with Crippen LogP contribution in [0.15, 0.2) is 58.5 Å². The zero-order valence-electron chi connectivity index (χ0n) is 21.2. The van der Waals surface area contributed by atoms with Crippen molar-refractivity contribution in [2.45, 2.75) is 13.7 Å². The lowest BCUT2D eigenvalue weighted by atomic mass is 10.0. The molecule has 0 radical (unpaired) electrons. The molecule has 3 aromatic heterocycles. The van der Waals surface area contributed by atoms with E-state index < -0.39 is 13.7 Å². The molecule has 6 heteroatoms. The van der Waals surface area contributed by atoms with E-state index in [1.54, 1.807) is 25.5 Å². The van der Waals surface area contributed by atoms with Crippen LogP contribution in [0, 0.1) is 13.7 Å². The molecule has 28 heavy (non-hydrogen) atoms. The first kappa shape index (κ1) is 12.0. The lowest BCUT2D eigenvalue weighted by molar-refractivity contribution is 0.470. The highest BCUT2D eigenvalue weighted by Crippen LogP contribution is 2.37. The minimum atomic E-state index is -2.65. The number of nitrogens with zero attached hydrogens (tertiary/aromatic N) is 2. The van der Waals surface area contributed by atoms with Crippen molar-refractivity contribution in [1.82, 2.24) is 14.1 Å². The number of hydrogen-bond acceptors (Lipinski definition) is 3. The van der Waals surface area contributed by atoms with Crippen molar-refractivity contribution >= 4 is 10.9 Å². The number of aromatic nitrogens is 3. The Hall–Kier alpha value is -3.54. The fraction of sp³-hybridized carbons (Fsp3) is 0.182. The maximum atomic E-state index is 12.5. The Morgan fingerprint density at radius 1 is 1.00 bits per heavy atom. The monoisotopic (exact) mass is 381 g/mol. The first-order valence-corrected chi connectivity index (χ1v) is 8.48. The Labute approximate surface area is 170 Å². The lowest BCUT2D eigenvalue weighted by Gasteiger charge is -2.17. The van der Waals surface area contributed by atoms with Crippen LogP contribution in [0.1, 0.15) is 19.4 Å². The summed E-state index contributed by atoms with van der Waals surface area (Å²) in [6.45, 7) is -5.30. The van der Waals surface area contributed by atoms with Gasteiger partial charge in [0.25, 0.3) is 11.1 Å². The van der Waals surface area contributed by atoms with Gasteiger partial charge < -0.3 is 18.9 Å². The molecule has 3 heterocycles. The molecule has 0 atom stereocenters. The minimum Gasteiger partial charge on any atom is -0.455 e. The van der Waals surface area contributed by atoms with Crippen LogP contribution in [0.2, 0.25) is 0 Å². The van der Waals surface area contributed by atoms with Crippen molar-refractivity contribution in [3.8, 4) is 22.6 Å². The molecule has 0 spiro atoms. The first-order chi connectivity index (χ1) is 15.8. The number of benzene rings is 1. The van der Waals surface area contributed by atoms with Crippen LogP contribution < -0.4 is 15.9 Å². The fourth-order valence-electron chi connectivity index (χ4n) is 3.14. The van der Waals surface area contributed by atoms with Gasteiger partial charge in [-0.3, -0.25) is 9.59 Å². The van der Waals surface area contributed by atoms with Gasteiger partial charge in [0, 0.05) is 57.3 Å². The van der Waals surface area contributed by atoms with E-state index >= 15 is 0 Å². The summed E-state index contributed by atoms with van der Waals surface area (Å²) in [7, 11) is 3.05. The van der Waals surface area contributed by atoms with E-state index in [9.17, 15) is 9.59 Å². The van der Waals surface area contributed by atoms with Gasteiger partial charge in [0.05, 0.1) is 6.20 Å². The lowest BCUT2D eigenvalue weighted by Crippen LogP contribution is -2.18. The number of rotatable bonds is 3. The number of para-hydroxylation sites is 1. The van der Waals surface area contributed by atoms with E-state index in [4.69, 9.17) is 13.0 Å². The molecule has 0 saturated heterocycles. The second kappa shape index (κ2) is 6.56. The van der Waals surface area contributed by atoms with Crippen LogP contribution in [0.4, 0.5) is 0 Å². The molecule has 0 aliphatic carbocycles. The number of aromatic amines is 1. The Morgan fingerprint density at radius 2 is 1.75 bits per heavy atom. The van der Waals surface area contributed by atoms with Crippen LogP contribution in [0.25, 0.3) is 22.0 Å². The van der Waals surface area contributed by atoms with Gasteiger partial charge in [0.2, 0.25) is 0 Å². The third kappa shape index (κ3) is 2.83. The largest absolute Gasteiger partial charge is 0.455 e. The van der Waals surface area contributed by atoms with Gasteiger partial charge in [-0.1, -0.05) is 18.2 Å². The molecule has 1 N–H and O–H groups in total. The fourth-order valence-corrected chi connectivity index (χ4v) is 3.14. The second-order valence-corrected chi connectivity index (χ2v) is 6.51. The Bertz CT molecular complexity index is 1490. The zero-order valence-corrected chi connectivity index (χ0v) is 15.2. The Morgan fingerprint density at radius 3 is 2.46 bits per heavy atom. The zero-order chi connectivity index (χ0) is 25.0. The highest BCUT2D eigenvalue weighted by molar-refractivity contribution is 5.95. The van der Waals surface area contributed by atoms with Gasteiger partial charge in [-0.05, 0) is 30.9 Å². The summed E-state index contributed by atoms with van der Waals surface area (Å²) in [5, 5.41) is 0.529. The first-order valence-electron chi connectivity index (χ1n) is 11.5. The van der Waals surface area contributed by atoms with E-state index in [0.717, 1.165) is 0 Å². The van der Waals surface area contributed by atoms with Crippen molar-refractivity contribution in [2.75, 3.05) is 0 Å². The van der Waals surface area contributed by atoms with Crippen molar-refractivity contribution in [3.63, 3.8) is 0 Å². The average Bonchev–Trinajstić information content (AvgIpc) is 3.22. The van der Waals surface area contributed by atoms with Gasteiger partial charge in [0.1, 0.15) is 11.3 Å². The number of aryl methyl sites for hydroxylation is 4. The van der Waals surface area contributed by atoms with Gasteiger partial charge in [-0.25, -0.2) is 0 Å². The van der Waals surface area contributed by atoms with Gasteiger partial charge in [0.15, 0.2) is 5.75 Å². The van der Waals surface area contributed by atoms with Crippen molar-refractivity contribution in [1.29, 1.82) is 0 Å². The normalized spacial score (nSPS) is 15.2. The Kier molecular flexibility index (Phi) is 2.82. The van der Waals surface area contributed by atoms with Crippen molar-refractivity contribution < 1.29 is 13.0 Å². The number of nitrogens with one attached hydrogen (secondary N) is 1. The molecule has 4 aromatic rings. The molecule has 0 bridgehead atoms. The highest BCUT2D eigenvalue weighted by atomic mass is 16.5. The van der Waals surface area contributed by atoms with Crippen LogP contribution in [-0.2, 0) is 14.1 Å². The van der Waals surface area contributed by atoms with Gasteiger partial charge >= 0.3 is 0 Å². The van der Waals surface area contributed by atoms with Gasteiger partial charge in [-0.2, -0.15) is 0 Å². The molecule has 0 aliphatic heterocycles. The standard InChI is InChI=1S/C22H21N3O3/c1-13-6-5-7-14(2)21(13)28-18-12-24(3)19(26)10-16(18)17-11-25(4)22(27)20-15(17)8-9-23-20/h5-12,23H,1-4H3/i1D3,2D3. The van der Waals surface area contributed by atoms with E-state index in [1.165, 1.54) is 46.6 Å².